The zero-order chi connectivity index (χ0) is 17.8. The zero-order valence-corrected chi connectivity index (χ0v) is 15.4. The van der Waals surface area contributed by atoms with Crippen molar-refractivity contribution in [1.29, 1.82) is 0 Å². The van der Waals surface area contributed by atoms with Crippen LogP contribution in [0.25, 0.3) is 11.4 Å². The summed E-state index contributed by atoms with van der Waals surface area (Å²) in [6.45, 7) is 8.97. The Morgan fingerprint density at radius 3 is 2.50 bits per heavy atom. The van der Waals surface area contributed by atoms with Crippen molar-refractivity contribution in [2.24, 2.45) is 0 Å². The second-order valence-electron chi connectivity index (χ2n) is 7.21. The predicted molar refractivity (Wildman–Crippen MR) is 105 cm³/mol. The third-order valence-corrected chi connectivity index (χ3v) is 5.35. The van der Waals surface area contributed by atoms with E-state index in [0.717, 1.165) is 56.4 Å². The first kappa shape index (κ1) is 17.2. The third kappa shape index (κ3) is 3.63. The molecular formula is C21H27N5. The number of hydrogen-bond donors (Lipinski definition) is 0. The fourth-order valence-electron chi connectivity index (χ4n) is 3.97. The van der Waals surface area contributed by atoms with E-state index in [4.69, 9.17) is 9.97 Å². The van der Waals surface area contributed by atoms with E-state index in [-0.39, 0.29) is 0 Å². The summed E-state index contributed by atoms with van der Waals surface area (Å²) < 4.78 is 0. The van der Waals surface area contributed by atoms with Crippen LogP contribution in [0.2, 0.25) is 0 Å². The van der Waals surface area contributed by atoms with Crippen molar-refractivity contribution in [2.45, 2.75) is 38.6 Å². The summed E-state index contributed by atoms with van der Waals surface area (Å²) in [5, 5.41) is 0. The summed E-state index contributed by atoms with van der Waals surface area (Å²) in [6.07, 6.45) is 11.7. The van der Waals surface area contributed by atoms with E-state index < -0.39 is 0 Å². The minimum atomic E-state index is 0.836. The minimum absolute atomic E-state index is 0.836. The van der Waals surface area contributed by atoms with Gasteiger partial charge in [0.05, 0.1) is 5.69 Å². The summed E-state index contributed by atoms with van der Waals surface area (Å²) in [6, 6.07) is 4.00. The van der Waals surface area contributed by atoms with E-state index in [1.54, 1.807) is 0 Å². The number of fused-ring (bicyclic) bond motifs is 1. The molecule has 0 radical (unpaired) electrons. The Morgan fingerprint density at radius 2 is 1.77 bits per heavy atom. The quantitative estimate of drug-likeness (QED) is 0.791. The Hall–Kier alpha value is -2.27. The molecule has 0 aliphatic carbocycles. The number of rotatable bonds is 4. The predicted octanol–water partition coefficient (Wildman–Crippen LogP) is 3.46. The molecule has 1 fully saturated rings. The Labute approximate surface area is 155 Å². The molecule has 2 aromatic heterocycles. The van der Waals surface area contributed by atoms with Gasteiger partial charge in [-0.15, -0.1) is 6.58 Å². The van der Waals surface area contributed by atoms with E-state index in [1.807, 2.05) is 30.6 Å². The van der Waals surface area contributed by atoms with Crippen molar-refractivity contribution in [3.63, 3.8) is 0 Å². The molecule has 0 N–H and O–H groups in total. The van der Waals surface area contributed by atoms with Crippen LogP contribution in [0.15, 0.2) is 37.2 Å². The Morgan fingerprint density at radius 1 is 1.00 bits per heavy atom. The van der Waals surface area contributed by atoms with Gasteiger partial charge in [-0.05, 0) is 25.0 Å². The van der Waals surface area contributed by atoms with Gasteiger partial charge in [-0.2, -0.15) is 0 Å². The van der Waals surface area contributed by atoms with Crippen LogP contribution >= 0.6 is 0 Å². The molecular weight excluding hydrogens is 322 g/mol. The van der Waals surface area contributed by atoms with Gasteiger partial charge in [0.25, 0.3) is 0 Å². The van der Waals surface area contributed by atoms with Gasteiger partial charge in [0.2, 0.25) is 0 Å². The highest BCUT2D eigenvalue weighted by atomic mass is 15.2. The monoisotopic (exact) mass is 349 g/mol. The van der Waals surface area contributed by atoms with Crippen molar-refractivity contribution in [1.82, 2.24) is 19.9 Å². The molecule has 5 nitrogen and oxygen atoms in total. The van der Waals surface area contributed by atoms with Crippen LogP contribution in [0, 0.1) is 0 Å². The SMILES string of the molecule is C=CCN1CCc2nc(-c3ccncc3)nc(N3CCCCCC3)c2C1. The first-order chi connectivity index (χ1) is 12.8. The highest BCUT2D eigenvalue weighted by Crippen LogP contribution is 2.30. The van der Waals surface area contributed by atoms with Gasteiger partial charge in [-0.25, -0.2) is 9.97 Å². The molecule has 0 unspecified atom stereocenters. The lowest BCUT2D eigenvalue weighted by atomic mass is 10.0. The van der Waals surface area contributed by atoms with Crippen LogP contribution in [0.5, 0.6) is 0 Å². The molecule has 0 aromatic carbocycles. The molecule has 4 heterocycles. The van der Waals surface area contributed by atoms with E-state index in [0.29, 0.717) is 0 Å². The highest BCUT2D eigenvalue weighted by Gasteiger charge is 2.25. The second-order valence-corrected chi connectivity index (χ2v) is 7.21. The lowest BCUT2D eigenvalue weighted by Crippen LogP contribution is -2.35. The van der Waals surface area contributed by atoms with Gasteiger partial charge in [0.15, 0.2) is 5.82 Å². The molecule has 26 heavy (non-hydrogen) atoms. The summed E-state index contributed by atoms with van der Waals surface area (Å²) in [7, 11) is 0. The normalized spacial score (nSPS) is 18.2. The van der Waals surface area contributed by atoms with Crippen molar-refractivity contribution in [3.8, 4) is 11.4 Å². The average Bonchev–Trinajstić information content (AvgIpc) is 2.97. The molecule has 5 heteroatoms. The maximum absolute atomic E-state index is 5.05. The number of anilines is 1. The number of pyridine rings is 1. The molecule has 0 spiro atoms. The largest absolute Gasteiger partial charge is 0.356 e. The number of hydrogen-bond acceptors (Lipinski definition) is 5. The van der Waals surface area contributed by atoms with E-state index >= 15 is 0 Å². The van der Waals surface area contributed by atoms with Crippen LogP contribution in [0.3, 0.4) is 0 Å². The molecule has 2 aliphatic rings. The molecule has 0 bridgehead atoms. The molecule has 1 saturated heterocycles. The van der Waals surface area contributed by atoms with Gasteiger partial charge in [0, 0.05) is 62.7 Å². The lowest BCUT2D eigenvalue weighted by Gasteiger charge is -2.32. The first-order valence-electron chi connectivity index (χ1n) is 9.73. The van der Waals surface area contributed by atoms with Crippen LogP contribution in [0.1, 0.15) is 36.9 Å². The smallest absolute Gasteiger partial charge is 0.161 e. The summed E-state index contributed by atoms with van der Waals surface area (Å²) in [5.41, 5.74) is 3.58. The maximum atomic E-state index is 5.05. The van der Waals surface area contributed by atoms with Crippen molar-refractivity contribution < 1.29 is 0 Å². The molecule has 4 rings (SSSR count). The molecule has 0 amide bonds. The minimum Gasteiger partial charge on any atom is -0.356 e. The van der Waals surface area contributed by atoms with Gasteiger partial charge >= 0.3 is 0 Å². The van der Waals surface area contributed by atoms with E-state index in [9.17, 15) is 0 Å². The molecule has 136 valence electrons. The molecule has 2 aromatic rings. The second kappa shape index (κ2) is 7.96. The van der Waals surface area contributed by atoms with Gasteiger partial charge < -0.3 is 4.90 Å². The standard InChI is InChI=1S/C21H27N5/c1-2-12-25-15-9-19-18(16-25)21(26-13-5-3-4-6-14-26)24-20(23-19)17-7-10-22-11-8-17/h2,7-8,10-11H,1,3-6,9,12-16H2. The number of nitrogens with zero attached hydrogens (tertiary/aromatic N) is 5. The molecule has 0 atom stereocenters. The number of aromatic nitrogens is 3. The average molecular weight is 349 g/mol. The summed E-state index contributed by atoms with van der Waals surface area (Å²) in [5.74, 6) is 1.99. The van der Waals surface area contributed by atoms with E-state index in [2.05, 4.69) is 21.4 Å². The van der Waals surface area contributed by atoms with Crippen LogP contribution < -0.4 is 4.90 Å². The van der Waals surface area contributed by atoms with Crippen LogP contribution in [-0.4, -0.2) is 46.0 Å². The van der Waals surface area contributed by atoms with E-state index in [1.165, 1.54) is 36.9 Å². The summed E-state index contributed by atoms with van der Waals surface area (Å²) in [4.78, 5) is 19.1. The van der Waals surface area contributed by atoms with Crippen molar-refractivity contribution in [2.75, 3.05) is 31.1 Å². The Bertz CT molecular complexity index is 750. The molecule has 0 saturated carbocycles. The van der Waals surface area contributed by atoms with Crippen LogP contribution in [-0.2, 0) is 13.0 Å². The molecule has 2 aliphatic heterocycles. The highest BCUT2D eigenvalue weighted by molar-refractivity contribution is 5.60. The fourth-order valence-corrected chi connectivity index (χ4v) is 3.97. The lowest BCUT2D eigenvalue weighted by molar-refractivity contribution is 0.279. The topological polar surface area (TPSA) is 45.2 Å². The van der Waals surface area contributed by atoms with Gasteiger partial charge in [0.1, 0.15) is 5.82 Å². The van der Waals surface area contributed by atoms with Gasteiger partial charge in [-0.3, -0.25) is 9.88 Å². The first-order valence-corrected chi connectivity index (χ1v) is 9.73. The Balaban J connectivity index is 1.76. The Kier molecular flexibility index (Phi) is 5.25. The van der Waals surface area contributed by atoms with Crippen LogP contribution in [0.4, 0.5) is 5.82 Å². The third-order valence-electron chi connectivity index (χ3n) is 5.35. The summed E-state index contributed by atoms with van der Waals surface area (Å²) >= 11 is 0. The van der Waals surface area contributed by atoms with Crippen molar-refractivity contribution >= 4 is 5.82 Å². The maximum Gasteiger partial charge on any atom is 0.161 e. The van der Waals surface area contributed by atoms with Crippen molar-refractivity contribution in [3.05, 3.63) is 48.4 Å². The van der Waals surface area contributed by atoms with Gasteiger partial charge in [-0.1, -0.05) is 18.9 Å². The fraction of sp³-hybridized carbons (Fsp3) is 0.476. The zero-order valence-electron chi connectivity index (χ0n) is 15.4.